The summed E-state index contributed by atoms with van der Waals surface area (Å²) in [5.41, 5.74) is 1.41. The van der Waals surface area contributed by atoms with Crippen LogP contribution in [-0.2, 0) is 21.4 Å². The van der Waals surface area contributed by atoms with E-state index in [-0.39, 0.29) is 22.4 Å². The van der Waals surface area contributed by atoms with Crippen molar-refractivity contribution in [3.05, 3.63) is 74.9 Å². The number of carbonyl (C=O) groups is 2. The van der Waals surface area contributed by atoms with E-state index in [1.54, 1.807) is 36.0 Å². The normalized spacial score (nSPS) is 14.1. The maximum absolute atomic E-state index is 12.4. The molecular weight excluding hydrogens is 372 g/mol. The number of fused-ring (bicyclic) bond motifs is 1. The van der Waals surface area contributed by atoms with Gasteiger partial charge in [-0.05, 0) is 23.8 Å². The van der Waals surface area contributed by atoms with Gasteiger partial charge in [0.15, 0.2) is 0 Å². The Balaban J connectivity index is 2.03. The highest BCUT2D eigenvalue weighted by Gasteiger charge is 2.36. The number of rotatable bonds is 3. The number of carbonyl (C=O) groups excluding carboxylic acids is 2. The Bertz CT molecular complexity index is 1190. The largest absolute Gasteiger partial charge is 0.386 e. The second kappa shape index (κ2) is 6.07. The quantitative estimate of drug-likeness (QED) is 0.298. The predicted molar refractivity (Wildman–Crippen MR) is 98.9 cm³/mol. The molecule has 0 fully saturated rings. The first-order valence-corrected chi connectivity index (χ1v) is 8.25. The van der Waals surface area contributed by atoms with Crippen molar-refractivity contribution in [2.75, 3.05) is 0 Å². The summed E-state index contributed by atoms with van der Waals surface area (Å²) in [4.78, 5) is 35.3. The smallest absolute Gasteiger partial charge is 0.347 e. The van der Waals surface area contributed by atoms with Crippen molar-refractivity contribution in [2.24, 2.45) is 7.05 Å². The predicted octanol–water partition coefficient (Wildman–Crippen LogP) is 3.73. The summed E-state index contributed by atoms with van der Waals surface area (Å²) in [5.74, 6) is -1.64. The van der Waals surface area contributed by atoms with E-state index in [4.69, 9.17) is 16.3 Å². The maximum Gasteiger partial charge on any atom is 0.347 e. The van der Waals surface area contributed by atoms with Crippen LogP contribution in [0, 0.1) is 10.1 Å². The summed E-state index contributed by atoms with van der Waals surface area (Å²) in [5, 5.41) is 12.2. The zero-order chi connectivity index (χ0) is 19.3. The number of ether oxygens (including phenoxy) is 1. The first kappa shape index (κ1) is 17.0. The van der Waals surface area contributed by atoms with Gasteiger partial charge in [-0.2, -0.15) is 0 Å². The van der Waals surface area contributed by atoms with Crippen LogP contribution in [0.5, 0.6) is 0 Å². The Morgan fingerprint density at radius 1 is 1.07 bits per heavy atom. The third-order valence-electron chi connectivity index (χ3n) is 4.41. The highest BCUT2D eigenvalue weighted by atomic mass is 35.5. The van der Waals surface area contributed by atoms with E-state index in [1.165, 1.54) is 24.3 Å². The van der Waals surface area contributed by atoms with E-state index in [0.29, 0.717) is 16.0 Å². The van der Waals surface area contributed by atoms with Crippen LogP contribution in [0.1, 0.15) is 11.1 Å². The third-order valence-corrected chi connectivity index (χ3v) is 4.65. The summed E-state index contributed by atoms with van der Waals surface area (Å²) >= 11 is 6.10. The van der Waals surface area contributed by atoms with E-state index in [2.05, 4.69) is 0 Å². The Hall–Kier alpha value is -3.45. The lowest BCUT2D eigenvalue weighted by Crippen LogP contribution is -2.02. The van der Waals surface area contributed by atoms with Gasteiger partial charge in [0.05, 0.1) is 16.1 Å². The number of aromatic nitrogens is 1. The van der Waals surface area contributed by atoms with E-state index < -0.39 is 16.9 Å². The number of esters is 2. The van der Waals surface area contributed by atoms with Crippen LogP contribution in [0.2, 0.25) is 5.02 Å². The molecule has 0 bridgehead atoms. The fourth-order valence-electron chi connectivity index (χ4n) is 3.24. The van der Waals surface area contributed by atoms with Crippen LogP contribution in [0.15, 0.2) is 48.7 Å². The molecule has 7 nitrogen and oxygen atoms in total. The van der Waals surface area contributed by atoms with Crippen molar-refractivity contribution in [3.63, 3.8) is 0 Å². The van der Waals surface area contributed by atoms with Gasteiger partial charge in [0.25, 0.3) is 5.69 Å². The molecule has 8 heteroatoms. The zero-order valence-corrected chi connectivity index (χ0v) is 14.7. The molecule has 0 saturated carbocycles. The summed E-state index contributed by atoms with van der Waals surface area (Å²) in [7, 11) is 1.80. The van der Waals surface area contributed by atoms with Gasteiger partial charge in [-0.25, -0.2) is 9.59 Å². The van der Waals surface area contributed by atoms with Gasteiger partial charge < -0.3 is 9.30 Å². The number of hydrogen-bond donors (Lipinski definition) is 0. The van der Waals surface area contributed by atoms with Crippen LogP contribution in [0.25, 0.3) is 22.0 Å². The van der Waals surface area contributed by atoms with Crippen molar-refractivity contribution in [3.8, 4) is 0 Å². The molecule has 0 amide bonds. The number of benzene rings is 2. The molecule has 1 aliphatic heterocycles. The number of nitro benzene ring substituents is 1. The average molecular weight is 383 g/mol. The number of nitrogens with zero attached hydrogens (tertiary/aromatic N) is 2. The van der Waals surface area contributed by atoms with Gasteiger partial charge in [-0.1, -0.05) is 23.7 Å². The minimum absolute atomic E-state index is 0.00354. The van der Waals surface area contributed by atoms with Crippen molar-refractivity contribution in [2.45, 2.75) is 0 Å². The third kappa shape index (κ3) is 2.69. The highest BCUT2D eigenvalue weighted by Crippen LogP contribution is 2.39. The van der Waals surface area contributed by atoms with Crippen LogP contribution in [-0.4, -0.2) is 21.4 Å². The fraction of sp³-hybridized carbons (Fsp3) is 0.0526. The van der Waals surface area contributed by atoms with Gasteiger partial charge in [-0.15, -0.1) is 0 Å². The summed E-state index contributed by atoms with van der Waals surface area (Å²) < 4.78 is 6.62. The Morgan fingerprint density at radius 2 is 1.81 bits per heavy atom. The monoisotopic (exact) mass is 382 g/mol. The lowest BCUT2D eigenvalue weighted by atomic mass is 9.95. The topological polar surface area (TPSA) is 91.4 Å². The number of hydrogen-bond acceptors (Lipinski definition) is 5. The molecule has 0 N–H and O–H groups in total. The molecule has 1 aromatic heterocycles. The molecule has 2 aromatic carbocycles. The standard InChI is InChI=1S/C19H11ClN2O5/c1-21-9-14(13-8-11(20)5-6-15(13)21)17-16(18(23)27-19(17)24)10-3-2-4-12(7-10)22(25)26/h2-9H,1H3. The molecule has 2 heterocycles. The molecule has 4 rings (SSSR count). The number of aryl methyl sites for hydroxylation is 1. The summed E-state index contributed by atoms with van der Waals surface area (Å²) in [6, 6.07) is 10.8. The van der Waals surface area contributed by atoms with Crippen molar-refractivity contribution in [1.82, 2.24) is 4.57 Å². The van der Waals surface area contributed by atoms with Gasteiger partial charge in [-0.3, -0.25) is 10.1 Å². The number of halogens is 1. The molecule has 134 valence electrons. The van der Waals surface area contributed by atoms with E-state index in [0.717, 1.165) is 5.52 Å². The molecular formula is C19H11ClN2O5. The molecule has 1 aliphatic rings. The van der Waals surface area contributed by atoms with Gasteiger partial charge in [0.2, 0.25) is 0 Å². The number of non-ortho nitro benzene ring substituents is 1. The molecule has 0 radical (unpaired) electrons. The first-order chi connectivity index (χ1) is 12.9. The molecule has 3 aromatic rings. The minimum atomic E-state index is -0.838. The van der Waals surface area contributed by atoms with Crippen molar-refractivity contribution >= 4 is 51.3 Å². The van der Waals surface area contributed by atoms with Crippen molar-refractivity contribution in [1.29, 1.82) is 0 Å². The van der Waals surface area contributed by atoms with Crippen LogP contribution in [0.4, 0.5) is 5.69 Å². The summed E-state index contributed by atoms with van der Waals surface area (Å²) in [6.07, 6.45) is 1.70. The zero-order valence-electron chi connectivity index (χ0n) is 13.9. The lowest BCUT2D eigenvalue weighted by Gasteiger charge is -2.03. The number of nitro groups is 1. The Kier molecular flexibility index (Phi) is 3.82. The molecule has 0 atom stereocenters. The fourth-order valence-corrected chi connectivity index (χ4v) is 3.41. The minimum Gasteiger partial charge on any atom is -0.386 e. The molecule has 27 heavy (non-hydrogen) atoms. The van der Waals surface area contributed by atoms with Gasteiger partial charge in [0.1, 0.15) is 0 Å². The van der Waals surface area contributed by atoms with E-state index >= 15 is 0 Å². The Labute approximate surface area is 157 Å². The number of cyclic esters (lactones) is 2. The van der Waals surface area contributed by atoms with Crippen LogP contribution < -0.4 is 0 Å². The maximum atomic E-state index is 12.4. The molecule has 0 unspecified atom stereocenters. The second-order valence-corrected chi connectivity index (χ2v) is 6.49. The molecule has 0 aliphatic carbocycles. The molecule has 0 spiro atoms. The van der Waals surface area contributed by atoms with Gasteiger partial charge in [0, 0.05) is 46.9 Å². The summed E-state index contributed by atoms with van der Waals surface area (Å²) in [6.45, 7) is 0. The lowest BCUT2D eigenvalue weighted by molar-refractivity contribution is -0.384. The molecule has 0 saturated heterocycles. The highest BCUT2D eigenvalue weighted by molar-refractivity contribution is 6.46. The van der Waals surface area contributed by atoms with Crippen LogP contribution >= 0.6 is 11.6 Å². The SMILES string of the molecule is Cn1cc(C2=C(c3cccc([N+](=O)[O-])c3)C(=O)OC2=O)c2cc(Cl)ccc21. The Morgan fingerprint density at radius 3 is 2.56 bits per heavy atom. The van der Waals surface area contributed by atoms with Crippen molar-refractivity contribution < 1.29 is 19.2 Å². The van der Waals surface area contributed by atoms with Gasteiger partial charge >= 0.3 is 11.9 Å². The van der Waals surface area contributed by atoms with E-state index in [9.17, 15) is 19.7 Å². The first-order valence-electron chi connectivity index (χ1n) is 7.87. The second-order valence-electron chi connectivity index (χ2n) is 6.05. The van der Waals surface area contributed by atoms with Crippen LogP contribution in [0.3, 0.4) is 0 Å². The average Bonchev–Trinajstić information content (AvgIpc) is 3.10. The van der Waals surface area contributed by atoms with E-state index in [1.807, 2.05) is 0 Å².